The number of anilines is 1. The zero-order valence-corrected chi connectivity index (χ0v) is 15.9. The largest absolute Gasteiger partial charge is 0.375 e. The number of imide groups is 1. The average Bonchev–Trinajstić information content (AvgIpc) is 2.90. The van der Waals surface area contributed by atoms with Crippen molar-refractivity contribution >= 4 is 23.5 Å². The zero-order valence-electron chi connectivity index (χ0n) is 15.9. The normalized spacial score (nSPS) is 18.5. The first-order valence-electron chi connectivity index (χ1n) is 9.69. The van der Waals surface area contributed by atoms with Crippen LogP contribution in [-0.2, 0) is 9.59 Å². The highest BCUT2D eigenvalue weighted by Crippen LogP contribution is 2.33. The zero-order chi connectivity index (χ0) is 19.3. The van der Waals surface area contributed by atoms with E-state index in [0.29, 0.717) is 19.4 Å². The molecule has 0 bridgehead atoms. The summed E-state index contributed by atoms with van der Waals surface area (Å²) in [5, 5.41) is 5.63. The molecule has 4 amide bonds. The molecule has 1 aliphatic heterocycles. The Balaban J connectivity index is 1.41. The van der Waals surface area contributed by atoms with Gasteiger partial charge in [-0.15, -0.1) is 0 Å². The topological polar surface area (TPSA) is 81.8 Å². The molecule has 7 heteroatoms. The molecule has 1 heterocycles. The van der Waals surface area contributed by atoms with Crippen LogP contribution in [0.5, 0.6) is 0 Å². The monoisotopic (exact) mass is 372 g/mol. The van der Waals surface area contributed by atoms with Gasteiger partial charge >= 0.3 is 6.03 Å². The van der Waals surface area contributed by atoms with Crippen molar-refractivity contribution < 1.29 is 14.4 Å². The molecule has 1 aromatic carbocycles. The number of nitrogens with one attached hydrogen (secondary N) is 2. The molecule has 1 aliphatic carbocycles. The van der Waals surface area contributed by atoms with Crippen molar-refractivity contribution in [2.45, 2.75) is 44.1 Å². The van der Waals surface area contributed by atoms with Crippen LogP contribution >= 0.6 is 0 Å². The van der Waals surface area contributed by atoms with Crippen molar-refractivity contribution in [2.75, 3.05) is 31.6 Å². The quantitative estimate of drug-likeness (QED) is 0.566. The number of rotatable bonds is 7. The fourth-order valence-electron chi connectivity index (χ4n) is 3.87. The van der Waals surface area contributed by atoms with Crippen LogP contribution in [0, 0.1) is 0 Å². The first-order chi connectivity index (χ1) is 13.0. The molecule has 0 atom stereocenters. The van der Waals surface area contributed by atoms with E-state index in [1.807, 2.05) is 37.4 Å². The molecule has 1 aromatic rings. The third kappa shape index (κ3) is 4.40. The minimum atomic E-state index is -0.770. The van der Waals surface area contributed by atoms with E-state index in [1.165, 1.54) is 0 Å². The molecule has 3 rings (SSSR count). The summed E-state index contributed by atoms with van der Waals surface area (Å²) < 4.78 is 0. The Bertz CT molecular complexity index is 686. The van der Waals surface area contributed by atoms with E-state index in [2.05, 4.69) is 15.5 Å². The van der Waals surface area contributed by atoms with Crippen LogP contribution in [0.15, 0.2) is 30.3 Å². The van der Waals surface area contributed by atoms with Gasteiger partial charge in [-0.3, -0.25) is 14.5 Å². The van der Waals surface area contributed by atoms with Gasteiger partial charge in [0.15, 0.2) is 0 Å². The lowest BCUT2D eigenvalue weighted by Crippen LogP contribution is -2.49. The summed E-state index contributed by atoms with van der Waals surface area (Å²) >= 11 is 0. The van der Waals surface area contributed by atoms with E-state index in [0.717, 1.165) is 42.8 Å². The summed E-state index contributed by atoms with van der Waals surface area (Å²) in [7, 11) is 2.01. The van der Waals surface area contributed by atoms with Crippen LogP contribution in [-0.4, -0.2) is 55.0 Å². The minimum Gasteiger partial charge on any atom is -0.375 e. The van der Waals surface area contributed by atoms with Crippen LogP contribution in [0.4, 0.5) is 10.5 Å². The molecule has 0 unspecified atom stereocenters. The lowest BCUT2D eigenvalue weighted by atomic mass is 9.82. The highest BCUT2D eigenvalue weighted by Gasteiger charge is 2.51. The summed E-state index contributed by atoms with van der Waals surface area (Å²) in [6.07, 6.45) is 5.06. The average molecular weight is 372 g/mol. The van der Waals surface area contributed by atoms with Crippen molar-refractivity contribution in [3.8, 4) is 0 Å². The van der Waals surface area contributed by atoms with Crippen LogP contribution in [0.2, 0.25) is 0 Å². The summed E-state index contributed by atoms with van der Waals surface area (Å²) in [5.41, 5.74) is 0.356. The molecule has 2 fully saturated rings. The van der Waals surface area contributed by atoms with Gasteiger partial charge in [-0.1, -0.05) is 37.5 Å². The Morgan fingerprint density at radius 1 is 1.19 bits per heavy atom. The van der Waals surface area contributed by atoms with E-state index in [-0.39, 0.29) is 18.4 Å². The summed E-state index contributed by atoms with van der Waals surface area (Å²) in [5.74, 6) is -0.542. The Morgan fingerprint density at radius 3 is 2.59 bits per heavy atom. The molecule has 2 aliphatic rings. The first kappa shape index (κ1) is 19.2. The molecule has 1 saturated heterocycles. The van der Waals surface area contributed by atoms with E-state index >= 15 is 0 Å². The van der Waals surface area contributed by atoms with Crippen molar-refractivity contribution in [3.05, 3.63) is 30.3 Å². The number of carbonyl (C=O) groups is 3. The number of para-hydroxylation sites is 1. The second kappa shape index (κ2) is 8.41. The Hall–Kier alpha value is -2.57. The van der Waals surface area contributed by atoms with Crippen molar-refractivity contribution in [1.82, 2.24) is 15.5 Å². The van der Waals surface area contributed by atoms with Gasteiger partial charge in [-0.25, -0.2) is 4.79 Å². The summed E-state index contributed by atoms with van der Waals surface area (Å²) in [6, 6.07) is 9.59. The molecule has 1 spiro atoms. The smallest absolute Gasteiger partial charge is 0.325 e. The van der Waals surface area contributed by atoms with Crippen LogP contribution in [0.25, 0.3) is 0 Å². The number of urea groups is 1. The van der Waals surface area contributed by atoms with Gasteiger partial charge in [0.2, 0.25) is 5.91 Å². The molecule has 146 valence electrons. The first-order valence-corrected chi connectivity index (χ1v) is 9.69. The molecule has 2 N–H and O–H groups in total. The molecular weight excluding hydrogens is 344 g/mol. The summed E-state index contributed by atoms with van der Waals surface area (Å²) in [6.45, 7) is 1.10. The maximum atomic E-state index is 12.7. The van der Waals surface area contributed by atoms with Crippen molar-refractivity contribution in [3.63, 3.8) is 0 Å². The molecule has 7 nitrogen and oxygen atoms in total. The van der Waals surface area contributed by atoms with Crippen LogP contribution in [0.1, 0.15) is 38.5 Å². The Morgan fingerprint density at radius 2 is 1.89 bits per heavy atom. The molecule has 0 radical (unpaired) electrons. The number of benzene rings is 1. The number of carbonyl (C=O) groups excluding carboxylic acids is 3. The van der Waals surface area contributed by atoms with Crippen molar-refractivity contribution in [1.29, 1.82) is 0 Å². The van der Waals surface area contributed by atoms with Gasteiger partial charge in [0, 0.05) is 25.8 Å². The number of hydrogen-bond acceptors (Lipinski definition) is 4. The third-order valence-corrected chi connectivity index (χ3v) is 5.44. The fourth-order valence-corrected chi connectivity index (χ4v) is 3.87. The van der Waals surface area contributed by atoms with Crippen molar-refractivity contribution in [2.24, 2.45) is 0 Å². The maximum Gasteiger partial charge on any atom is 0.325 e. The SMILES string of the molecule is CN(CCCNC(=O)CN1C(=O)NC2(CCCCC2)C1=O)c1ccccc1. The van der Waals surface area contributed by atoms with Crippen LogP contribution < -0.4 is 15.5 Å². The van der Waals surface area contributed by atoms with E-state index in [4.69, 9.17) is 0 Å². The molecule has 27 heavy (non-hydrogen) atoms. The van der Waals surface area contributed by atoms with Gasteiger partial charge < -0.3 is 15.5 Å². The highest BCUT2D eigenvalue weighted by molar-refractivity contribution is 6.09. The lowest BCUT2D eigenvalue weighted by molar-refractivity contribution is -0.135. The van der Waals surface area contributed by atoms with E-state index < -0.39 is 11.6 Å². The van der Waals surface area contributed by atoms with Gasteiger partial charge in [-0.2, -0.15) is 0 Å². The molecule has 1 saturated carbocycles. The number of hydrogen-bond donors (Lipinski definition) is 2. The summed E-state index contributed by atoms with van der Waals surface area (Å²) in [4.78, 5) is 40.2. The van der Waals surface area contributed by atoms with Crippen LogP contribution in [0.3, 0.4) is 0 Å². The minimum absolute atomic E-state index is 0.207. The Labute approximate surface area is 160 Å². The van der Waals surface area contributed by atoms with Gasteiger partial charge in [0.1, 0.15) is 12.1 Å². The predicted molar refractivity (Wildman–Crippen MR) is 103 cm³/mol. The molecular formula is C20H28N4O3. The highest BCUT2D eigenvalue weighted by atomic mass is 16.2. The number of nitrogens with zero attached hydrogens (tertiary/aromatic N) is 2. The Kier molecular flexibility index (Phi) is 5.98. The lowest BCUT2D eigenvalue weighted by Gasteiger charge is -2.30. The van der Waals surface area contributed by atoms with Gasteiger partial charge in [-0.05, 0) is 31.4 Å². The second-order valence-corrected chi connectivity index (χ2v) is 7.42. The standard InChI is InChI=1S/C20H28N4O3/c1-23(16-9-4-2-5-10-16)14-8-13-21-17(25)15-24-18(26)20(22-19(24)27)11-6-3-7-12-20/h2,4-5,9-10H,3,6-8,11-15H2,1H3,(H,21,25)(H,22,27). The number of amides is 4. The fraction of sp³-hybridized carbons (Fsp3) is 0.550. The predicted octanol–water partition coefficient (Wildman–Crippen LogP) is 1.88. The maximum absolute atomic E-state index is 12.7. The van der Waals surface area contributed by atoms with Gasteiger partial charge in [0.25, 0.3) is 5.91 Å². The van der Waals surface area contributed by atoms with Gasteiger partial charge in [0.05, 0.1) is 0 Å². The van der Waals surface area contributed by atoms with E-state index in [9.17, 15) is 14.4 Å². The van der Waals surface area contributed by atoms with E-state index in [1.54, 1.807) is 0 Å². The molecule has 0 aromatic heterocycles. The third-order valence-electron chi connectivity index (χ3n) is 5.44. The second-order valence-electron chi connectivity index (χ2n) is 7.42.